The maximum absolute atomic E-state index is 13.5. The van der Waals surface area contributed by atoms with Gasteiger partial charge in [-0.1, -0.05) is 29.0 Å². The molecule has 0 saturated carbocycles. The molecule has 3 rings (SSSR count). The van der Waals surface area contributed by atoms with Gasteiger partial charge in [-0.15, -0.1) is 0 Å². The second-order valence-corrected chi connectivity index (χ2v) is 5.32. The Labute approximate surface area is 116 Å². The summed E-state index contributed by atoms with van der Waals surface area (Å²) in [5, 5.41) is 3.87. The zero-order valence-electron chi connectivity index (χ0n) is 9.45. The minimum absolute atomic E-state index is 0.0603. The van der Waals surface area contributed by atoms with Gasteiger partial charge in [-0.3, -0.25) is 0 Å². The predicted molar refractivity (Wildman–Crippen MR) is 74.3 cm³/mol. The molecule has 0 fully saturated rings. The van der Waals surface area contributed by atoms with Gasteiger partial charge in [-0.2, -0.15) is 0 Å². The third kappa shape index (κ3) is 2.39. The van der Waals surface area contributed by atoms with E-state index in [2.05, 4.69) is 10.3 Å². The lowest BCUT2D eigenvalue weighted by Gasteiger charge is -2.03. The van der Waals surface area contributed by atoms with Crippen molar-refractivity contribution in [3.05, 3.63) is 53.1 Å². The Balaban J connectivity index is 1.99. The first-order valence-corrected chi connectivity index (χ1v) is 6.60. The molecule has 0 aliphatic heterocycles. The van der Waals surface area contributed by atoms with Crippen LogP contribution >= 0.6 is 22.9 Å². The molecule has 0 bridgehead atoms. The number of hydrogen-bond acceptors (Lipinski definition) is 3. The van der Waals surface area contributed by atoms with Gasteiger partial charge in [0.2, 0.25) is 0 Å². The molecule has 0 saturated heterocycles. The van der Waals surface area contributed by atoms with Gasteiger partial charge in [0, 0.05) is 5.02 Å². The first kappa shape index (κ1) is 12.3. The molecule has 0 aliphatic carbocycles. The van der Waals surface area contributed by atoms with Crippen LogP contribution < -0.4 is 5.32 Å². The van der Waals surface area contributed by atoms with Crippen molar-refractivity contribution in [1.29, 1.82) is 0 Å². The summed E-state index contributed by atoms with van der Waals surface area (Å²) in [6.45, 7) is 0. The Morgan fingerprint density at radius 1 is 1.16 bits per heavy atom. The van der Waals surface area contributed by atoms with Gasteiger partial charge in [-0.05, 0) is 30.3 Å². The van der Waals surface area contributed by atoms with E-state index in [0.29, 0.717) is 10.2 Å². The smallest absolute Gasteiger partial charge is 0.188 e. The average Bonchev–Trinajstić information content (AvgIpc) is 2.76. The molecule has 0 aliphatic rings. The van der Waals surface area contributed by atoms with E-state index < -0.39 is 11.6 Å². The number of thiazole rings is 1. The number of hydrogen-bond donors (Lipinski definition) is 1. The molecule has 1 heterocycles. The molecule has 3 aromatic rings. The van der Waals surface area contributed by atoms with E-state index in [1.807, 2.05) is 0 Å². The molecule has 19 heavy (non-hydrogen) atoms. The summed E-state index contributed by atoms with van der Waals surface area (Å²) in [4.78, 5) is 4.28. The Morgan fingerprint density at radius 2 is 2.00 bits per heavy atom. The van der Waals surface area contributed by atoms with E-state index in [1.54, 1.807) is 18.2 Å². The van der Waals surface area contributed by atoms with Gasteiger partial charge in [0.1, 0.15) is 0 Å². The van der Waals surface area contributed by atoms with Crippen molar-refractivity contribution in [2.45, 2.75) is 0 Å². The van der Waals surface area contributed by atoms with Crippen LogP contribution in [-0.4, -0.2) is 4.98 Å². The molecule has 1 aromatic heterocycles. The van der Waals surface area contributed by atoms with Crippen molar-refractivity contribution < 1.29 is 8.78 Å². The van der Waals surface area contributed by atoms with Crippen LogP contribution in [0.4, 0.5) is 19.6 Å². The number of halogens is 3. The van der Waals surface area contributed by atoms with Crippen LogP contribution in [0.25, 0.3) is 10.2 Å². The minimum atomic E-state index is -0.917. The maximum Gasteiger partial charge on any atom is 0.188 e. The van der Waals surface area contributed by atoms with Gasteiger partial charge < -0.3 is 5.32 Å². The largest absolute Gasteiger partial charge is 0.329 e. The van der Waals surface area contributed by atoms with Crippen molar-refractivity contribution in [1.82, 2.24) is 4.98 Å². The number of nitrogens with one attached hydrogen (secondary N) is 1. The summed E-state index contributed by atoms with van der Waals surface area (Å²) >= 11 is 7.21. The quantitative estimate of drug-likeness (QED) is 0.722. The van der Waals surface area contributed by atoms with Gasteiger partial charge in [0.15, 0.2) is 16.8 Å². The molecule has 6 heteroatoms. The van der Waals surface area contributed by atoms with Crippen LogP contribution in [0.3, 0.4) is 0 Å². The summed E-state index contributed by atoms with van der Waals surface area (Å²) < 4.78 is 27.5. The fourth-order valence-electron chi connectivity index (χ4n) is 1.67. The monoisotopic (exact) mass is 296 g/mol. The zero-order valence-corrected chi connectivity index (χ0v) is 11.0. The number of rotatable bonds is 2. The number of benzene rings is 2. The first-order valence-electron chi connectivity index (χ1n) is 5.40. The molecular weight excluding hydrogens is 290 g/mol. The molecule has 96 valence electrons. The fourth-order valence-corrected chi connectivity index (χ4v) is 2.82. The second kappa shape index (κ2) is 4.75. The summed E-state index contributed by atoms with van der Waals surface area (Å²) in [5.74, 6) is -1.81. The van der Waals surface area contributed by atoms with E-state index in [1.165, 1.54) is 23.5 Å². The molecule has 2 nitrogen and oxygen atoms in total. The Morgan fingerprint density at radius 3 is 2.84 bits per heavy atom. The standard InChI is InChI=1S/C13H7ClF2N2S/c14-7-4-5-9-11(6-7)19-13(17-9)18-10-3-1-2-8(15)12(10)16/h1-6H,(H,17,18). The van der Waals surface area contributed by atoms with Crippen LogP contribution in [0.2, 0.25) is 5.02 Å². The lowest BCUT2D eigenvalue weighted by molar-refractivity contribution is 0.512. The SMILES string of the molecule is Fc1cccc(Nc2nc3ccc(Cl)cc3s2)c1F. The van der Waals surface area contributed by atoms with Crippen molar-refractivity contribution >= 4 is 44.0 Å². The number of nitrogens with zero attached hydrogens (tertiary/aromatic N) is 1. The van der Waals surface area contributed by atoms with Gasteiger partial charge in [0.05, 0.1) is 15.9 Å². The third-order valence-electron chi connectivity index (χ3n) is 2.54. The average molecular weight is 297 g/mol. The van der Waals surface area contributed by atoms with Gasteiger partial charge >= 0.3 is 0 Å². The van der Waals surface area contributed by atoms with E-state index in [9.17, 15) is 8.78 Å². The summed E-state index contributed by atoms with van der Waals surface area (Å²) in [6, 6.07) is 9.25. The molecule has 2 aromatic carbocycles. The first-order chi connectivity index (χ1) is 9.13. The highest BCUT2D eigenvalue weighted by molar-refractivity contribution is 7.22. The zero-order chi connectivity index (χ0) is 13.4. The lowest BCUT2D eigenvalue weighted by atomic mass is 10.3. The van der Waals surface area contributed by atoms with Crippen molar-refractivity contribution in [3.8, 4) is 0 Å². The number of aromatic nitrogens is 1. The minimum Gasteiger partial charge on any atom is -0.329 e. The van der Waals surface area contributed by atoms with Gasteiger partial charge in [0.25, 0.3) is 0 Å². The molecular formula is C13H7ClF2N2S. The van der Waals surface area contributed by atoms with E-state index in [4.69, 9.17) is 11.6 Å². The number of fused-ring (bicyclic) bond motifs is 1. The van der Waals surface area contributed by atoms with Crippen LogP contribution in [0.15, 0.2) is 36.4 Å². The molecule has 0 atom stereocenters. The molecule has 0 radical (unpaired) electrons. The second-order valence-electron chi connectivity index (χ2n) is 3.86. The normalized spacial score (nSPS) is 10.9. The molecule has 0 amide bonds. The Hall–Kier alpha value is -1.72. The van der Waals surface area contributed by atoms with E-state index in [-0.39, 0.29) is 5.69 Å². The highest BCUT2D eigenvalue weighted by atomic mass is 35.5. The summed E-state index contributed by atoms with van der Waals surface area (Å²) in [7, 11) is 0. The summed E-state index contributed by atoms with van der Waals surface area (Å²) in [6.07, 6.45) is 0. The van der Waals surface area contributed by atoms with Crippen molar-refractivity contribution in [3.63, 3.8) is 0 Å². The topological polar surface area (TPSA) is 24.9 Å². The van der Waals surface area contributed by atoms with Crippen LogP contribution in [0.1, 0.15) is 0 Å². The molecule has 1 N–H and O–H groups in total. The van der Waals surface area contributed by atoms with Crippen LogP contribution in [-0.2, 0) is 0 Å². The molecule has 0 spiro atoms. The lowest BCUT2D eigenvalue weighted by Crippen LogP contribution is -1.95. The predicted octanol–water partition coefficient (Wildman–Crippen LogP) is 4.97. The highest BCUT2D eigenvalue weighted by Crippen LogP contribution is 2.31. The number of anilines is 2. The van der Waals surface area contributed by atoms with Gasteiger partial charge in [-0.25, -0.2) is 13.8 Å². The third-order valence-corrected chi connectivity index (χ3v) is 3.71. The maximum atomic E-state index is 13.5. The van der Waals surface area contributed by atoms with Crippen molar-refractivity contribution in [2.24, 2.45) is 0 Å². The Kier molecular flexibility index (Phi) is 3.08. The summed E-state index contributed by atoms with van der Waals surface area (Å²) in [5.41, 5.74) is 0.818. The van der Waals surface area contributed by atoms with Crippen LogP contribution in [0.5, 0.6) is 0 Å². The fraction of sp³-hybridized carbons (Fsp3) is 0. The Bertz CT molecular complexity index is 757. The van der Waals surface area contributed by atoms with E-state index >= 15 is 0 Å². The highest BCUT2D eigenvalue weighted by Gasteiger charge is 2.10. The van der Waals surface area contributed by atoms with E-state index in [0.717, 1.165) is 16.3 Å². The van der Waals surface area contributed by atoms with Crippen molar-refractivity contribution in [2.75, 3.05) is 5.32 Å². The molecule has 0 unspecified atom stereocenters. The van der Waals surface area contributed by atoms with Crippen LogP contribution in [0, 0.1) is 11.6 Å².